The summed E-state index contributed by atoms with van der Waals surface area (Å²) in [5, 5.41) is 4.70. The molecule has 2 aliphatic heterocycles. The van der Waals surface area contributed by atoms with Crippen molar-refractivity contribution >= 4 is 34.9 Å². The van der Waals surface area contributed by atoms with Crippen molar-refractivity contribution in [1.82, 2.24) is 15.2 Å². The van der Waals surface area contributed by atoms with Gasteiger partial charge >= 0.3 is 0 Å². The summed E-state index contributed by atoms with van der Waals surface area (Å²) in [6, 6.07) is 9.65. The van der Waals surface area contributed by atoms with E-state index in [1.165, 1.54) is 0 Å². The molecule has 0 bridgehead atoms. The van der Waals surface area contributed by atoms with Gasteiger partial charge in [0, 0.05) is 31.4 Å². The average molecular weight is 432 g/mol. The van der Waals surface area contributed by atoms with Gasteiger partial charge in [0.25, 0.3) is 0 Å². The maximum Gasteiger partial charge on any atom is 0.236 e. The molecule has 2 aromatic rings. The van der Waals surface area contributed by atoms with E-state index in [0.717, 1.165) is 36.3 Å². The molecule has 0 spiro atoms. The lowest BCUT2D eigenvalue weighted by molar-refractivity contribution is -0.130. The largest absolute Gasteiger partial charge is 0.358 e. The third kappa shape index (κ3) is 3.84. The molecule has 0 aliphatic carbocycles. The van der Waals surface area contributed by atoms with Crippen LogP contribution in [0.3, 0.4) is 0 Å². The molecule has 1 saturated heterocycles. The summed E-state index contributed by atoms with van der Waals surface area (Å²) in [6.07, 6.45) is 5.47. The number of benzene rings is 1. The Morgan fingerprint density at radius 1 is 1.21 bits per heavy atom. The van der Waals surface area contributed by atoms with Crippen LogP contribution in [0.25, 0.3) is 0 Å². The van der Waals surface area contributed by atoms with Gasteiger partial charge in [-0.05, 0) is 48.2 Å². The number of hydrogen-bond acceptors (Lipinski definition) is 5. The molecule has 1 fully saturated rings. The minimum absolute atomic E-state index is 0.0156. The first kappa shape index (κ1) is 20.1. The lowest BCUT2D eigenvalue weighted by Gasteiger charge is -2.35. The number of halogens is 2. The topological polar surface area (TPSA) is 83.6 Å². The van der Waals surface area contributed by atoms with Crippen molar-refractivity contribution in [1.29, 1.82) is 0 Å². The zero-order valence-electron chi connectivity index (χ0n) is 15.9. The Kier molecular flexibility index (Phi) is 5.76. The van der Waals surface area contributed by atoms with Crippen LogP contribution in [0.5, 0.6) is 0 Å². The molecular formula is C21H23Cl2N5O. The molecule has 0 radical (unpaired) electrons. The zero-order chi connectivity index (χ0) is 20.4. The molecule has 2 aliphatic rings. The fourth-order valence-corrected chi connectivity index (χ4v) is 4.48. The maximum atomic E-state index is 12.1. The second kappa shape index (κ2) is 8.30. The number of nitrogens with zero attached hydrogens (tertiary/aromatic N) is 3. The van der Waals surface area contributed by atoms with Gasteiger partial charge < -0.3 is 16.0 Å². The normalized spacial score (nSPS) is 24.2. The Morgan fingerprint density at radius 2 is 2.00 bits per heavy atom. The molecule has 6 nitrogen and oxygen atoms in total. The van der Waals surface area contributed by atoms with Gasteiger partial charge in [0.2, 0.25) is 5.91 Å². The van der Waals surface area contributed by atoms with Gasteiger partial charge in [0.15, 0.2) is 0 Å². The van der Waals surface area contributed by atoms with E-state index in [0.29, 0.717) is 23.1 Å². The second-order valence-electron chi connectivity index (χ2n) is 7.48. The van der Waals surface area contributed by atoms with Gasteiger partial charge in [0.1, 0.15) is 11.4 Å². The highest BCUT2D eigenvalue weighted by atomic mass is 35.5. The van der Waals surface area contributed by atoms with E-state index in [1.807, 2.05) is 35.2 Å². The minimum atomic E-state index is -0.549. The number of carbonyl (C=O) groups is 1. The van der Waals surface area contributed by atoms with Crippen molar-refractivity contribution in [3.05, 3.63) is 63.9 Å². The van der Waals surface area contributed by atoms with Crippen molar-refractivity contribution in [2.45, 2.75) is 18.4 Å². The molecule has 8 heteroatoms. The molecule has 29 heavy (non-hydrogen) atoms. The van der Waals surface area contributed by atoms with Crippen LogP contribution in [-0.4, -0.2) is 47.8 Å². The number of aromatic nitrogens is 1. The number of piperidine rings is 1. The monoisotopic (exact) mass is 431 g/mol. The lowest BCUT2D eigenvalue weighted by Crippen LogP contribution is -2.50. The Morgan fingerprint density at radius 3 is 2.72 bits per heavy atom. The van der Waals surface area contributed by atoms with Gasteiger partial charge in [-0.2, -0.15) is 0 Å². The molecule has 3 N–H and O–H groups in total. The van der Waals surface area contributed by atoms with Gasteiger partial charge in [-0.15, -0.1) is 0 Å². The van der Waals surface area contributed by atoms with Crippen LogP contribution in [-0.2, 0) is 10.3 Å². The number of pyridine rings is 1. The number of amidine groups is 1. The summed E-state index contributed by atoms with van der Waals surface area (Å²) >= 11 is 12.5. The van der Waals surface area contributed by atoms with E-state index >= 15 is 0 Å². The zero-order valence-corrected chi connectivity index (χ0v) is 17.5. The van der Waals surface area contributed by atoms with Crippen molar-refractivity contribution in [3.63, 3.8) is 0 Å². The van der Waals surface area contributed by atoms with Gasteiger partial charge in [-0.1, -0.05) is 29.3 Å². The van der Waals surface area contributed by atoms with Crippen LogP contribution in [0.1, 0.15) is 24.0 Å². The van der Waals surface area contributed by atoms with E-state index in [9.17, 15) is 4.79 Å². The highest BCUT2D eigenvalue weighted by Gasteiger charge is 2.42. The molecule has 2 unspecified atom stereocenters. The van der Waals surface area contributed by atoms with E-state index in [2.05, 4.69) is 10.3 Å². The number of likely N-dealkylation sites (tertiary alicyclic amines) is 1. The summed E-state index contributed by atoms with van der Waals surface area (Å²) in [5.41, 5.74) is 7.05. The number of amides is 1. The predicted octanol–water partition coefficient (Wildman–Crippen LogP) is 2.83. The number of rotatable bonds is 4. The summed E-state index contributed by atoms with van der Waals surface area (Å²) < 4.78 is 0. The summed E-state index contributed by atoms with van der Waals surface area (Å²) in [7, 11) is 0. The van der Waals surface area contributed by atoms with E-state index in [1.54, 1.807) is 12.4 Å². The van der Waals surface area contributed by atoms with Crippen LogP contribution < -0.4 is 11.1 Å². The summed E-state index contributed by atoms with van der Waals surface area (Å²) in [6.45, 7) is 1.96. The Labute approximate surface area is 180 Å². The first-order chi connectivity index (χ1) is 14.0. The summed E-state index contributed by atoms with van der Waals surface area (Å²) in [5.74, 6) is 1.06. The molecule has 1 amide bonds. The van der Waals surface area contributed by atoms with Crippen molar-refractivity contribution in [2.75, 3.05) is 26.2 Å². The SMILES string of the molecule is NCC(=O)N1CCCC(C2=NCC(c3ccncc3)(c3ccc(Cl)c(Cl)c3)N2)C1. The standard InChI is InChI=1S/C21H23Cl2N5O/c22-17-4-3-16(10-18(17)23)21(15-5-7-25-8-6-15)13-26-20(27-21)14-2-1-9-28(12-14)19(29)11-24/h3-8,10,14H,1-2,9,11-13,24H2,(H,26,27). The van der Waals surface area contributed by atoms with Crippen molar-refractivity contribution in [3.8, 4) is 0 Å². The molecule has 0 saturated carbocycles. The number of nitrogens with one attached hydrogen (secondary N) is 1. The van der Waals surface area contributed by atoms with Gasteiger partial charge in [-0.3, -0.25) is 14.8 Å². The molecular weight excluding hydrogens is 409 g/mol. The number of aliphatic imine (C=N–C) groups is 1. The van der Waals surface area contributed by atoms with Crippen LogP contribution >= 0.6 is 23.2 Å². The molecule has 3 heterocycles. The Bertz CT molecular complexity index is 936. The summed E-state index contributed by atoms with van der Waals surface area (Å²) in [4.78, 5) is 22.9. The third-order valence-corrected chi connectivity index (χ3v) is 6.49. The van der Waals surface area contributed by atoms with E-state index in [-0.39, 0.29) is 18.4 Å². The number of carbonyl (C=O) groups excluding carboxylic acids is 1. The van der Waals surface area contributed by atoms with Crippen LogP contribution in [0.2, 0.25) is 10.0 Å². The molecule has 4 rings (SSSR count). The fourth-order valence-electron chi connectivity index (χ4n) is 4.18. The lowest BCUT2D eigenvalue weighted by atomic mass is 9.83. The second-order valence-corrected chi connectivity index (χ2v) is 8.29. The van der Waals surface area contributed by atoms with Gasteiger partial charge in [-0.25, -0.2) is 0 Å². The number of nitrogens with two attached hydrogens (primary N) is 1. The van der Waals surface area contributed by atoms with Crippen molar-refractivity contribution in [2.24, 2.45) is 16.6 Å². The van der Waals surface area contributed by atoms with E-state index < -0.39 is 5.54 Å². The molecule has 1 aromatic heterocycles. The smallest absolute Gasteiger partial charge is 0.236 e. The first-order valence-electron chi connectivity index (χ1n) is 9.70. The number of hydrogen-bond donors (Lipinski definition) is 2. The van der Waals surface area contributed by atoms with Crippen LogP contribution in [0.15, 0.2) is 47.7 Å². The van der Waals surface area contributed by atoms with Gasteiger partial charge in [0.05, 0.1) is 23.1 Å². The van der Waals surface area contributed by atoms with Crippen LogP contribution in [0, 0.1) is 5.92 Å². The van der Waals surface area contributed by atoms with Crippen molar-refractivity contribution < 1.29 is 4.79 Å². The molecule has 2 atom stereocenters. The maximum absolute atomic E-state index is 12.1. The first-order valence-corrected chi connectivity index (χ1v) is 10.5. The minimum Gasteiger partial charge on any atom is -0.358 e. The van der Waals surface area contributed by atoms with Crippen LogP contribution in [0.4, 0.5) is 0 Å². The quantitative estimate of drug-likeness (QED) is 0.779. The van der Waals surface area contributed by atoms with E-state index in [4.69, 9.17) is 33.9 Å². The third-order valence-electron chi connectivity index (χ3n) is 5.75. The average Bonchev–Trinajstić information content (AvgIpc) is 3.22. The fraction of sp³-hybridized carbons (Fsp3) is 0.381. The Balaban J connectivity index is 1.65. The highest BCUT2D eigenvalue weighted by molar-refractivity contribution is 6.42. The predicted molar refractivity (Wildman–Crippen MR) is 115 cm³/mol. The highest BCUT2D eigenvalue weighted by Crippen LogP contribution is 2.37. The molecule has 1 aromatic carbocycles. The Hall–Kier alpha value is -2.15. The molecule has 152 valence electrons.